The Morgan fingerprint density at radius 1 is 1.39 bits per heavy atom. The van der Waals surface area contributed by atoms with Gasteiger partial charge in [-0.05, 0) is 18.4 Å². The van der Waals surface area contributed by atoms with E-state index in [1.54, 1.807) is 0 Å². The Morgan fingerprint density at radius 2 is 2.00 bits per heavy atom. The van der Waals surface area contributed by atoms with Crippen molar-refractivity contribution in [2.75, 3.05) is 6.61 Å². The first-order valence-electron chi connectivity index (χ1n) is 6.49. The number of nitrogens with one attached hydrogen (secondary N) is 1. The first-order chi connectivity index (χ1) is 8.51. The standard InChI is InChI=1S/C15H23NO2/c1-4-12(2)10-14(18)16-15(3,11-17)13-8-6-5-7-9-13/h5-9,12,17H,4,10-11H2,1-3H3,(H,16,18). The number of aliphatic hydroxyl groups excluding tert-OH is 1. The number of carbonyl (C=O) groups excluding carboxylic acids is 1. The van der Waals surface area contributed by atoms with Crippen molar-refractivity contribution in [3.63, 3.8) is 0 Å². The summed E-state index contributed by atoms with van der Waals surface area (Å²) >= 11 is 0. The van der Waals surface area contributed by atoms with Crippen LogP contribution in [-0.4, -0.2) is 17.6 Å². The molecule has 0 aliphatic carbocycles. The molecule has 3 nitrogen and oxygen atoms in total. The van der Waals surface area contributed by atoms with Crippen LogP contribution in [-0.2, 0) is 10.3 Å². The maximum Gasteiger partial charge on any atom is 0.221 e. The molecule has 2 atom stereocenters. The lowest BCUT2D eigenvalue weighted by Crippen LogP contribution is -2.46. The van der Waals surface area contributed by atoms with Crippen molar-refractivity contribution < 1.29 is 9.90 Å². The van der Waals surface area contributed by atoms with E-state index in [1.807, 2.05) is 37.3 Å². The predicted molar refractivity (Wildman–Crippen MR) is 73.1 cm³/mol. The maximum absolute atomic E-state index is 11.9. The van der Waals surface area contributed by atoms with Crippen molar-refractivity contribution in [3.8, 4) is 0 Å². The fourth-order valence-electron chi connectivity index (χ4n) is 1.83. The monoisotopic (exact) mass is 249 g/mol. The molecule has 2 N–H and O–H groups in total. The summed E-state index contributed by atoms with van der Waals surface area (Å²) in [6, 6.07) is 9.57. The highest BCUT2D eigenvalue weighted by molar-refractivity contribution is 5.77. The van der Waals surface area contributed by atoms with Gasteiger partial charge in [-0.1, -0.05) is 50.6 Å². The van der Waals surface area contributed by atoms with Gasteiger partial charge in [0.1, 0.15) is 0 Å². The Balaban J connectivity index is 2.75. The molecule has 0 radical (unpaired) electrons. The largest absolute Gasteiger partial charge is 0.394 e. The summed E-state index contributed by atoms with van der Waals surface area (Å²) in [6.45, 7) is 5.86. The highest BCUT2D eigenvalue weighted by atomic mass is 16.3. The van der Waals surface area contributed by atoms with Crippen LogP contribution < -0.4 is 5.32 Å². The molecule has 1 amide bonds. The van der Waals surface area contributed by atoms with Crippen molar-refractivity contribution >= 4 is 5.91 Å². The minimum absolute atomic E-state index is 0.00949. The van der Waals surface area contributed by atoms with E-state index in [9.17, 15) is 9.90 Å². The van der Waals surface area contributed by atoms with Gasteiger partial charge in [-0.3, -0.25) is 4.79 Å². The van der Waals surface area contributed by atoms with Crippen LogP contribution in [0.3, 0.4) is 0 Å². The third-order valence-corrected chi connectivity index (χ3v) is 3.37. The second-order valence-electron chi connectivity index (χ2n) is 5.12. The molecule has 3 heteroatoms. The normalized spacial score (nSPS) is 15.8. The lowest BCUT2D eigenvalue weighted by Gasteiger charge is -2.29. The van der Waals surface area contributed by atoms with Gasteiger partial charge in [0, 0.05) is 6.42 Å². The van der Waals surface area contributed by atoms with Gasteiger partial charge in [0.05, 0.1) is 12.1 Å². The number of amides is 1. The molecule has 1 aromatic rings. The molecule has 0 aromatic heterocycles. The Bertz CT molecular complexity index is 377. The average molecular weight is 249 g/mol. The number of rotatable bonds is 6. The first-order valence-corrected chi connectivity index (χ1v) is 6.49. The topological polar surface area (TPSA) is 49.3 Å². The molecule has 0 saturated carbocycles. The zero-order valence-corrected chi connectivity index (χ0v) is 11.4. The van der Waals surface area contributed by atoms with Crippen LogP contribution in [0.5, 0.6) is 0 Å². The van der Waals surface area contributed by atoms with Gasteiger partial charge in [0.2, 0.25) is 5.91 Å². The maximum atomic E-state index is 11.9. The van der Waals surface area contributed by atoms with Gasteiger partial charge in [0.25, 0.3) is 0 Å². The summed E-state index contributed by atoms with van der Waals surface area (Å²) in [5.74, 6) is 0.355. The smallest absolute Gasteiger partial charge is 0.221 e. The van der Waals surface area contributed by atoms with Crippen molar-refractivity contribution in [3.05, 3.63) is 35.9 Å². The highest BCUT2D eigenvalue weighted by Gasteiger charge is 2.27. The van der Waals surface area contributed by atoms with E-state index < -0.39 is 5.54 Å². The summed E-state index contributed by atoms with van der Waals surface area (Å²) in [5.41, 5.74) is 0.219. The Hall–Kier alpha value is -1.35. The molecule has 2 unspecified atom stereocenters. The molecular formula is C15H23NO2. The van der Waals surface area contributed by atoms with Crippen LogP contribution >= 0.6 is 0 Å². The number of benzene rings is 1. The molecule has 100 valence electrons. The van der Waals surface area contributed by atoms with E-state index in [0.717, 1.165) is 12.0 Å². The van der Waals surface area contributed by atoms with E-state index in [0.29, 0.717) is 12.3 Å². The third kappa shape index (κ3) is 3.84. The predicted octanol–water partition coefficient (Wildman–Crippen LogP) is 2.45. The third-order valence-electron chi connectivity index (χ3n) is 3.37. The SMILES string of the molecule is CCC(C)CC(=O)NC(C)(CO)c1ccccc1. The average Bonchev–Trinajstić information content (AvgIpc) is 2.39. The molecule has 0 spiro atoms. The van der Waals surface area contributed by atoms with E-state index in [-0.39, 0.29) is 12.5 Å². The number of hydrogen-bond acceptors (Lipinski definition) is 2. The van der Waals surface area contributed by atoms with Gasteiger partial charge in [-0.25, -0.2) is 0 Å². The summed E-state index contributed by atoms with van der Waals surface area (Å²) in [6.07, 6.45) is 1.48. The Morgan fingerprint density at radius 3 is 2.50 bits per heavy atom. The summed E-state index contributed by atoms with van der Waals surface area (Å²) in [7, 11) is 0. The van der Waals surface area contributed by atoms with Crippen LogP contribution in [0.25, 0.3) is 0 Å². The molecule has 1 aromatic carbocycles. The molecule has 0 aliphatic rings. The van der Waals surface area contributed by atoms with Gasteiger partial charge >= 0.3 is 0 Å². The van der Waals surface area contributed by atoms with Crippen LogP contribution in [0.4, 0.5) is 0 Å². The zero-order chi connectivity index (χ0) is 13.6. The van der Waals surface area contributed by atoms with Crippen molar-refractivity contribution in [2.24, 2.45) is 5.92 Å². The molecule has 0 bridgehead atoms. The van der Waals surface area contributed by atoms with E-state index >= 15 is 0 Å². The fourth-order valence-corrected chi connectivity index (χ4v) is 1.83. The minimum atomic E-state index is -0.703. The zero-order valence-electron chi connectivity index (χ0n) is 11.4. The summed E-state index contributed by atoms with van der Waals surface area (Å²) in [5, 5.41) is 12.5. The van der Waals surface area contributed by atoms with E-state index in [1.165, 1.54) is 0 Å². The Kier molecular flexibility index (Phi) is 5.35. The molecule has 18 heavy (non-hydrogen) atoms. The van der Waals surface area contributed by atoms with Gasteiger partial charge in [0.15, 0.2) is 0 Å². The minimum Gasteiger partial charge on any atom is -0.394 e. The van der Waals surface area contributed by atoms with E-state index in [2.05, 4.69) is 19.2 Å². The number of hydrogen-bond donors (Lipinski definition) is 2. The second-order valence-corrected chi connectivity index (χ2v) is 5.12. The second kappa shape index (κ2) is 6.55. The summed E-state index contributed by atoms with van der Waals surface area (Å²) in [4.78, 5) is 11.9. The van der Waals surface area contributed by atoms with Gasteiger partial charge in [-0.2, -0.15) is 0 Å². The molecule has 0 heterocycles. The van der Waals surface area contributed by atoms with Crippen LogP contribution in [0.2, 0.25) is 0 Å². The lowest BCUT2D eigenvalue weighted by molar-refractivity contribution is -0.124. The molecule has 0 saturated heterocycles. The van der Waals surface area contributed by atoms with E-state index in [4.69, 9.17) is 0 Å². The highest BCUT2D eigenvalue weighted by Crippen LogP contribution is 2.20. The van der Waals surface area contributed by atoms with Crippen LogP contribution in [0.15, 0.2) is 30.3 Å². The first kappa shape index (κ1) is 14.7. The van der Waals surface area contributed by atoms with Crippen molar-refractivity contribution in [2.45, 2.75) is 39.2 Å². The molecule has 0 fully saturated rings. The molecular weight excluding hydrogens is 226 g/mol. The van der Waals surface area contributed by atoms with Crippen molar-refractivity contribution in [1.29, 1.82) is 0 Å². The quantitative estimate of drug-likeness (QED) is 0.813. The van der Waals surface area contributed by atoms with Crippen LogP contribution in [0, 0.1) is 5.92 Å². The van der Waals surface area contributed by atoms with Crippen molar-refractivity contribution in [1.82, 2.24) is 5.32 Å². The lowest BCUT2D eigenvalue weighted by atomic mass is 9.92. The summed E-state index contributed by atoms with van der Waals surface area (Å²) < 4.78 is 0. The molecule has 0 aliphatic heterocycles. The number of aliphatic hydroxyl groups is 1. The van der Waals surface area contributed by atoms with Gasteiger partial charge in [-0.15, -0.1) is 0 Å². The number of carbonyl (C=O) groups is 1. The fraction of sp³-hybridized carbons (Fsp3) is 0.533. The Labute approximate surface area is 109 Å². The van der Waals surface area contributed by atoms with Crippen LogP contribution in [0.1, 0.15) is 39.2 Å². The molecule has 1 rings (SSSR count). The van der Waals surface area contributed by atoms with Gasteiger partial charge < -0.3 is 10.4 Å².